The fourth-order valence-electron chi connectivity index (χ4n) is 6.01. The molecule has 0 amide bonds. The maximum Gasteiger partial charge on any atom is 0.451 e. The van der Waals surface area contributed by atoms with Crippen LogP contribution in [-0.4, -0.2) is 117 Å². The van der Waals surface area contributed by atoms with E-state index < -0.39 is 67.2 Å². The molecule has 3 aliphatic heterocycles. The molecular formula is C22H24Cl2F6N10O4+2. The minimum atomic E-state index is -4.95. The van der Waals surface area contributed by atoms with Gasteiger partial charge in [0.05, 0.1) is 62.2 Å². The highest BCUT2D eigenvalue weighted by atomic mass is 35.5. The molecule has 0 unspecified atom stereocenters. The summed E-state index contributed by atoms with van der Waals surface area (Å²) in [5.74, 6) is -4.09. The lowest BCUT2D eigenvalue weighted by Gasteiger charge is -2.54. The first-order valence-corrected chi connectivity index (χ1v) is 14.0. The number of nitro groups is 2. The highest BCUT2D eigenvalue weighted by Gasteiger charge is 2.48. The Morgan fingerprint density at radius 2 is 0.886 bits per heavy atom. The molecule has 44 heavy (non-hydrogen) atoms. The van der Waals surface area contributed by atoms with Gasteiger partial charge in [-0.1, -0.05) is 23.2 Å². The van der Waals surface area contributed by atoms with Gasteiger partial charge in [0.15, 0.2) is 0 Å². The van der Waals surface area contributed by atoms with Gasteiger partial charge in [0.25, 0.3) is 0 Å². The predicted octanol–water partition coefficient (Wildman–Crippen LogP) is 3.41. The van der Waals surface area contributed by atoms with Gasteiger partial charge in [-0.3, -0.25) is 20.2 Å². The van der Waals surface area contributed by atoms with E-state index in [2.05, 4.69) is 19.9 Å². The summed E-state index contributed by atoms with van der Waals surface area (Å²) in [6.07, 6.45) is -9.89. The van der Waals surface area contributed by atoms with Gasteiger partial charge in [-0.05, 0) is 0 Å². The number of piperazine rings is 3. The smallest absolute Gasteiger partial charge is 0.339 e. The lowest BCUT2D eigenvalue weighted by atomic mass is 10.1. The molecule has 0 atom stereocenters. The summed E-state index contributed by atoms with van der Waals surface area (Å²) in [6.45, 7) is 5.46. The molecule has 0 aliphatic carbocycles. The third-order valence-electron chi connectivity index (χ3n) is 8.59. The van der Waals surface area contributed by atoms with Gasteiger partial charge in [-0.15, -0.1) is 0 Å². The molecule has 22 heteroatoms. The van der Waals surface area contributed by atoms with Gasteiger partial charge in [0.2, 0.25) is 33.6 Å². The summed E-state index contributed by atoms with van der Waals surface area (Å²) in [7, 11) is 0. The third-order valence-corrected chi connectivity index (χ3v) is 9.12. The Balaban J connectivity index is 1.25. The second-order valence-electron chi connectivity index (χ2n) is 11.0. The molecule has 3 saturated heterocycles. The lowest BCUT2D eigenvalue weighted by molar-refractivity contribution is -1.03. The standard InChI is InChI=1S/C22H24Cl2F6N10O4/c23-15-13(37(41)42)17(33-19(31-15)21(25,26)27)35-1-5-39(6-2-35)9-11-40(12-10-39)7-3-36(4-8-40)18-14(38(43)44)16(24)32-20(34-18)22(28,29)30/h1-12H2/q+2. The molecule has 0 bridgehead atoms. The van der Waals surface area contributed by atoms with Crippen molar-refractivity contribution in [1.82, 2.24) is 19.9 Å². The zero-order valence-corrected chi connectivity index (χ0v) is 24.1. The maximum absolute atomic E-state index is 13.3. The molecule has 240 valence electrons. The number of anilines is 2. The minimum absolute atomic E-state index is 0.193. The summed E-state index contributed by atoms with van der Waals surface area (Å²) < 4.78 is 81.0. The Hall–Kier alpha value is -3.36. The molecule has 2 spiro atoms. The van der Waals surface area contributed by atoms with Crippen molar-refractivity contribution in [2.75, 3.05) is 88.3 Å². The zero-order chi connectivity index (χ0) is 32.2. The van der Waals surface area contributed by atoms with Crippen LogP contribution in [0.15, 0.2) is 0 Å². The van der Waals surface area contributed by atoms with E-state index in [1.165, 1.54) is 9.80 Å². The number of hydrogen-bond acceptors (Lipinski definition) is 10. The molecule has 5 heterocycles. The monoisotopic (exact) mass is 676 g/mol. The van der Waals surface area contributed by atoms with Crippen molar-refractivity contribution < 1.29 is 45.2 Å². The molecule has 2 aromatic rings. The van der Waals surface area contributed by atoms with Gasteiger partial charge in [0, 0.05) is 0 Å². The normalized spacial score (nSPS) is 20.3. The summed E-state index contributed by atoms with van der Waals surface area (Å²) in [4.78, 5) is 37.2. The minimum Gasteiger partial charge on any atom is -0.339 e. The van der Waals surface area contributed by atoms with Crippen molar-refractivity contribution >= 4 is 46.2 Å². The predicted molar refractivity (Wildman–Crippen MR) is 141 cm³/mol. The number of quaternary nitrogens is 2. The van der Waals surface area contributed by atoms with Crippen LogP contribution in [0.5, 0.6) is 0 Å². The Labute approximate surface area is 254 Å². The van der Waals surface area contributed by atoms with Crippen molar-refractivity contribution in [3.05, 3.63) is 42.2 Å². The van der Waals surface area contributed by atoms with Gasteiger partial charge < -0.3 is 18.8 Å². The Bertz CT molecular complexity index is 1360. The lowest BCUT2D eigenvalue weighted by Crippen LogP contribution is -2.73. The molecule has 0 radical (unpaired) electrons. The van der Waals surface area contributed by atoms with E-state index in [0.29, 0.717) is 61.3 Å². The largest absolute Gasteiger partial charge is 0.451 e. The third kappa shape index (κ3) is 6.11. The van der Waals surface area contributed by atoms with Crippen LogP contribution in [0.1, 0.15) is 11.6 Å². The number of rotatable bonds is 4. The van der Waals surface area contributed by atoms with Crippen LogP contribution in [0.2, 0.25) is 10.3 Å². The van der Waals surface area contributed by atoms with Crippen LogP contribution in [0.4, 0.5) is 49.4 Å². The Kier molecular flexibility index (Phi) is 8.17. The molecule has 0 N–H and O–H groups in total. The van der Waals surface area contributed by atoms with E-state index in [1.807, 2.05) is 0 Å². The van der Waals surface area contributed by atoms with E-state index in [9.17, 15) is 46.6 Å². The number of aromatic nitrogens is 4. The number of hydrogen-bond donors (Lipinski definition) is 0. The highest BCUT2D eigenvalue weighted by Crippen LogP contribution is 2.39. The van der Waals surface area contributed by atoms with Gasteiger partial charge in [0.1, 0.15) is 26.2 Å². The maximum atomic E-state index is 13.3. The Morgan fingerprint density at radius 3 is 1.14 bits per heavy atom. The average Bonchev–Trinajstić information content (AvgIpc) is 2.93. The SMILES string of the molecule is O=[N+]([O-])c1c(Cl)nc(C(F)(F)F)nc1N1CC[N+]2(CC1)CC[N+]1(CCN(c3nc(C(F)(F)F)nc(Cl)c3[N+](=O)[O-])CC1)CC2. The molecule has 14 nitrogen and oxygen atoms in total. The average molecular weight is 677 g/mol. The fraction of sp³-hybridized carbons (Fsp3) is 0.636. The zero-order valence-electron chi connectivity index (χ0n) is 22.6. The Morgan fingerprint density at radius 1 is 0.591 bits per heavy atom. The van der Waals surface area contributed by atoms with E-state index in [0.717, 1.165) is 0 Å². The van der Waals surface area contributed by atoms with E-state index in [1.54, 1.807) is 0 Å². The van der Waals surface area contributed by atoms with Crippen molar-refractivity contribution in [1.29, 1.82) is 0 Å². The molecule has 0 aromatic carbocycles. The van der Waals surface area contributed by atoms with Gasteiger partial charge in [-0.2, -0.15) is 36.3 Å². The van der Waals surface area contributed by atoms with Crippen molar-refractivity contribution in [2.24, 2.45) is 0 Å². The van der Waals surface area contributed by atoms with Crippen LogP contribution in [-0.2, 0) is 12.4 Å². The van der Waals surface area contributed by atoms with Crippen LogP contribution in [0, 0.1) is 20.2 Å². The molecule has 2 aromatic heterocycles. The first-order chi connectivity index (χ1) is 20.4. The van der Waals surface area contributed by atoms with Crippen LogP contribution in [0.3, 0.4) is 0 Å². The first-order valence-electron chi connectivity index (χ1n) is 13.2. The van der Waals surface area contributed by atoms with Crippen molar-refractivity contribution in [3.63, 3.8) is 0 Å². The van der Waals surface area contributed by atoms with E-state index in [4.69, 9.17) is 23.2 Å². The second-order valence-corrected chi connectivity index (χ2v) is 11.7. The molecule has 5 rings (SSSR count). The van der Waals surface area contributed by atoms with Crippen molar-refractivity contribution in [3.8, 4) is 0 Å². The van der Waals surface area contributed by atoms with Crippen molar-refractivity contribution in [2.45, 2.75) is 12.4 Å². The topological polar surface area (TPSA) is 144 Å². The first kappa shape index (κ1) is 32.0. The summed E-state index contributed by atoms with van der Waals surface area (Å²) >= 11 is 11.5. The molecule has 0 saturated carbocycles. The number of halogens is 8. The molecule has 3 fully saturated rings. The van der Waals surface area contributed by atoms with Gasteiger partial charge >= 0.3 is 23.7 Å². The number of nitrogens with zero attached hydrogens (tertiary/aromatic N) is 10. The summed E-state index contributed by atoms with van der Waals surface area (Å²) in [6, 6.07) is 0. The van der Waals surface area contributed by atoms with Crippen LogP contribution < -0.4 is 9.80 Å². The summed E-state index contributed by atoms with van der Waals surface area (Å²) in [5.41, 5.74) is -1.58. The molecular weight excluding hydrogens is 653 g/mol. The highest BCUT2D eigenvalue weighted by molar-refractivity contribution is 6.32. The van der Waals surface area contributed by atoms with E-state index in [-0.39, 0.29) is 26.2 Å². The van der Waals surface area contributed by atoms with Crippen LogP contribution >= 0.6 is 23.2 Å². The second kappa shape index (κ2) is 11.2. The van der Waals surface area contributed by atoms with Gasteiger partial charge in [-0.25, -0.2) is 9.97 Å². The van der Waals surface area contributed by atoms with E-state index >= 15 is 0 Å². The molecule has 3 aliphatic rings. The van der Waals surface area contributed by atoms with Crippen LogP contribution in [0.25, 0.3) is 0 Å². The number of alkyl halides is 6. The quantitative estimate of drug-likeness (QED) is 0.155. The fourth-order valence-corrected chi connectivity index (χ4v) is 6.48. The summed E-state index contributed by atoms with van der Waals surface area (Å²) in [5, 5.41) is 21.4.